The van der Waals surface area contributed by atoms with Crippen LogP contribution in [0.1, 0.15) is 43.2 Å². The maximum Gasteiger partial charge on any atom is 0.0239 e. The fourth-order valence-electron chi connectivity index (χ4n) is 3.50. The van der Waals surface area contributed by atoms with Gasteiger partial charge in [-0.1, -0.05) is 24.3 Å². The first-order valence-electron chi connectivity index (χ1n) is 7.39. The summed E-state index contributed by atoms with van der Waals surface area (Å²) in [7, 11) is 0. The monoisotopic (exact) mass is 244 g/mol. The Morgan fingerprint density at radius 2 is 1.72 bits per heavy atom. The van der Waals surface area contributed by atoms with Crippen molar-refractivity contribution < 1.29 is 0 Å². The molecule has 2 N–H and O–H groups in total. The Kier molecular flexibility index (Phi) is 3.67. The van der Waals surface area contributed by atoms with Crippen molar-refractivity contribution in [3.05, 3.63) is 35.4 Å². The van der Waals surface area contributed by atoms with Crippen molar-refractivity contribution in [2.24, 2.45) is 5.73 Å². The van der Waals surface area contributed by atoms with Gasteiger partial charge < -0.3 is 5.73 Å². The molecule has 0 unspecified atom stereocenters. The second kappa shape index (κ2) is 5.41. The number of hydrogen-bond acceptors (Lipinski definition) is 2. The molecule has 1 fully saturated rings. The summed E-state index contributed by atoms with van der Waals surface area (Å²) in [5, 5.41) is 0. The Morgan fingerprint density at radius 1 is 1.00 bits per heavy atom. The van der Waals surface area contributed by atoms with Gasteiger partial charge in [-0.25, -0.2) is 0 Å². The summed E-state index contributed by atoms with van der Waals surface area (Å²) in [5.74, 6) is 0. The van der Waals surface area contributed by atoms with E-state index in [9.17, 15) is 0 Å². The molecule has 98 valence electrons. The van der Waals surface area contributed by atoms with E-state index < -0.39 is 0 Å². The highest BCUT2D eigenvalue weighted by molar-refractivity contribution is 5.28. The van der Waals surface area contributed by atoms with Crippen LogP contribution in [0.2, 0.25) is 0 Å². The van der Waals surface area contributed by atoms with E-state index in [1.807, 2.05) is 0 Å². The van der Waals surface area contributed by atoms with E-state index in [1.165, 1.54) is 45.1 Å². The second-order valence-electron chi connectivity index (χ2n) is 5.91. The van der Waals surface area contributed by atoms with E-state index in [0.29, 0.717) is 6.04 Å². The lowest BCUT2D eigenvalue weighted by molar-refractivity contribution is 0.144. The third kappa shape index (κ3) is 2.60. The molecule has 0 amide bonds. The van der Waals surface area contributed by atoms with Gasteiger partial charge in [0.1, 0.15) is 0 Å². The molecule has 1 aromatic carbocycles. The number of nitrogens with zero attached hydrogens (tertiary/aromatic N) is 1. The molecule has 2 nitrogen and oxygen atoms in total. The van der Waals surface area contributed by atoms with Gasteiger partial charge >= 0.3 is 0 Å². The van der Waals surface area contributed by atoms with Crippen LogP contribution in [-0.4, -0.2) is 23.5 Å². The minimum Gasteiger partial charge on any atom is -0.328 e. The number of nitrogens with two attached hydrogens (primary N) is 1. The van der Waals surface area contributed by atoms with Crippen LogP contribution in [0.25, 0.3) is 0 Å². The van der Waals surface area contributed by atoms with E-state index in [4.69, 9.17) is 5.73 Å². The highest BCUT2D eigenvalue weighted by Gasteiger charge is 2.25. The second-order valence-corrected chi connectivity index (χ2v) is 5.91. The molecule has 0 saturated heterocycles. The first kappa shape index (κ1) is 12.2. The van der Waals surface area contributed by atoms with Gasteiger partial charge in [0.25, 0.3) is 0 Å². The van der Waals surface area contributed by atoms with Crippen LogP contribution in [0.5, 0.6) is 0 Å². The molecular weight excluding hydrogens is 220 g/mol. The number of rotatable bonds is 1. The van der Waals surface area contributed by atoms with Crippen LogP contribution in [0.15, 0.2) is 24.3 Å². The minimum absolute atomic E-state index is 0.459. The number of hydrogen-bond donors (Lipinski definition) is 1. The van der Waals surface area contributed by atoms with Crippen LogP contribution in [0.4, 0.5) is 0 Å². The normalized spacial score (nSPS) is 29.6. The van der Waals surface area contributed by atoms with Crippen LogP contribution in [0.3, 0.4) is 0 Å². The SMILES string of the molecule is NC1CCC(N2CCCc3ccccc3C2)CC1. The smallest absolute Gasteiger partial charge is 0.0239 e. The van der Waals surface area contributed by atoms with Gasteiger partial charge in [0.15, 0.2) is 0 Å². The van der Waals surface area contributed by atoms with Gasteiger partial charge in [-0.2, -0.15) is 0 Å². The van der Waals surface area contributed by atoms with Crippen LogP contribution in [0, 0.1) is 0 Å². The van der Waals surface area contributed by atoms with Crippen LogP contribution in [-0.2, 0) is 13.0 Å². The minimum atomic E-state index is 0.459. The van der Waals surface area contributed by atoms with Gasteiger partial charge in [0.2, 0.25) is 0 Å². The van der Waals surface area contributed by atoms with E-state index in [2.05, 4.69) is 29.2 Å². The Morgan fingerprint density at radius 3 is 2.50 bits per heavy atom. The van der Waals surface area contributed by atoms with E-state index in [0.717, 1.165) is 12.6 Å². The maximum atomic E-state index is 6.02. The molecule has 0 bridgehead atoms. The van der Waals surface area contributed by atoms with Gasteiger partial charge in [-0.15, -0.1) is 0 Å². The first-order chi connectivity index (χ1) is 8.83. The maximum absolute atomic E-state index is 6.02. The Hall–Kier alpha value is -0.860. The Bertz CT molecular complexity index is 394. The Labute approximate surface area is 110 Å². The number of aryl methyl sites for hydroxylation is 1. The van der Waals surface area contributed by atoms with Crippen molar-refractivity contribution in [3.63, 3.8) is 0 Å². The zero-order valence-electron chi connectivity index (χ0n) is 11.1. The molecular formula is C16H24N2. The quantitative estimate of drug-likeness (QED) is 0.823. The van der Waals surface area contributed by atoms with Crippen molar-refractivity contribution in [1.29, 1.82) is 0 Å². The highest BCUT2D eigenvalue weighted by Crippen LogP contribution is 2.27. The highest BCUT2D eigenvalue weighted by atomic mass is 15.2. The molecule has 0 radical (unpaired) electrons. The molecule has 0 spiro atoms. The summed E-state index contributed by atoms with van der Waals surface area (Å²) in [5.41, 5.74) is 9.12. The topological polar surface area (TPSA) is 29.3 Å². The van der Waals surface area contributed by atoms with Crippen molar-refractivity contribution in [2.45, 2.75) is 57.2 Å². The molecule has 1 heterocycles. The third-order valence-corrected chi connectivity index (χ3v) is 4.64. The molecule has 1 aliphatic heterocycles. The Balaban J connectivity index is 1.71. The number of benzene rings is 1. The fourth-order valence-corrected chi connectivity index (χ4v) is 3.50. The molecule has 1 saturated carbocycles. The summed E-state index contributed by atoms with van der Waals surface area (Å²) >= 11 is 0. The molecule has 0 atom stereocenters. The van der Waals surface area contributed by atoms with Crippen molar-refractivity contribution in [2.75, 3.05) is 6.54 Å². The average Bonchev–Trinajstić information content (AvgIpc) is 2.61. The van der Waals surface area contributed by atoms with Gasteiger partial charge in [-0.3, -0.25) is 4.90 Å². The molecule has 2 aliphatic rings. The average molecular weight is 244 g/mol. The molecule has 1 aliphatic carbocycles. The molecule has 2 heteroatoms. The standard InChI is InChI=1S/C16H24N2/c17-15-7-9-16(10-8-15)18-11-3-6-13-4-1-2-5-14(13)12-18/h1-2,4-5,15-16H,3,6-12,17H2. The van der Waals surface area contributed by atoms with Gasteiger partial charge in [-0.05, 0) is 56.2 Å². The zero-order chi connectivity index (χ0) is 12.4. The first-order valence-corrected chi connectivity index (χ1v) is 7.39. The van der Waals surface area contributed by atoms with Gasteiger partial charge in [0.05, 0.1) is 0 Å². The van der Waals surface area contributed by atoms with E-state index in [1.54, 1.807) is 11.1 Å². The zero-order valence-corrected chi connectivity index (χ0v) is 11.1. The summed E-state index contributed by atoms with van der Waals surface area (Å²) in [6.07, 6.45) is 7.57. The molecule has 1 aromatic rings. The summed E-state index contributed by atoms with van der Waals surface area (Å²) in [4.78, 5) is 2.71. The molecule has 0 aromatic heterocycles. The van der Waals surface area contributed by atoms with Gasteiger partial charge in [0, 0.05) is 18.6 Å². The lowest BCUT2D eigenvalue weighted by Gasteiger charge is -2.35. The van der Waals surface area contributed by atoms with E-state index >= 15 is 0 Å². The molecule has 3 rings (SSSR count). The lowest BCUT2D eigenvalue weighted by atomic mass is 9.90. The van der Waals surface area contributed by atoms with Crippen molar-refractivity contribution in [1.82, 2.24) is 4.90 Å². The van der Waals surface area contributed by atoms with Crippen molar-refractivity contribution >= 4 is 0 Å². The largest absolute Gasteiger partial charge is 0.328 e. The molecule has 18 heavy (non-hydrogen) atoms. The number of fused-ring (bicyclic) bond motifs is 1. The van der Waals surface area contributed by atoms with Crippen LogP contribution < -0.4 is 5.73 Å². The lowest BCUT2D eigenvalue weighted by Crippen LogP contribution is -2.40. The van der Waals surface area contributed by atoms with Crippen LogP contribution >= 0.6 is 0 Å². The predicted octanol–water partition coefficient (Wildman–Crippen LogP) is 2.70. The van der Waals surface area contributed by atoms with Crippen molar-refractivity contribution in [3.8, 4) is 0 Å². The predicted molar refractivity (Wildman–Crippen MR) is 75.4 cm³/mol. The summed E-state index contributed by atoms with van der Waals surface area (Å²) in [6.45, 7) is 2.41. The summed E-state index contributed by atoms with van der Waals surface area (Å²) < 4.78 is 0. The summed E-state index contributed by atoms with van der Waals surface area (Å²) in [6, 6.07) is 10.2. The third-order valence-electron chi connectivity index (χ3n) is 4.64. The fraction of sp³-hybridized carbons (Fsp3) is 0.625. The van der Waals surface area contributed by atoms with E-state index in [-0.39, 0.29) is 0 Å².